The third-order valence-corrected chi connectivity index (χ3v) is 4.20. The molecule has 0 aliphatic rings. The second-order valence-electron chi connectivity index (χ2n) is 4.53. The monoisotopic (exact) mass is 416 g/mol. The average molecular weight is 417 g/mol. The van der Waals surface area contributed by atoms with Crippen LogP contribution in [0.2, 0.25) is 5.02 Å². The van der Waals surface area contributed by atoms with E-state index in [1.165, 1.54) is 0 Å². The Labute approximate surface area is 140 Å². The van der Waals surface area contributed by atoms with Crippen molar-refractivity contribution in [3.8, 4) is 5.69 Å². The minimum atomic E-state index is -0.171. The van der Waals surface area contributed by atoms with Crippen LogP contribution in [-0.4, -0.2) is 9.55 Å². The quantitative estimate of drug-likeness (QED) is 0.393. The van der Waals surface area contributed by atoms with Gasteiger partial charge in [-0.05, 0) is 72.0 Å². The zero-order valence-corrected chi connectivity index (χ0v) is 14.3. The van der Waals surface area contributed by atoms with Crippen LogP contribution >= 0.6 is 45.8 Å². The Kier molecular flexibility index (Phi) is 3.93. The molecule has 1 unspecified atom stereocenters. The van der Waals surface area contributed by atoms with Gasteiger partial charge in [0, 0.05) is 14.3 Å². The Balaban J connectivity index is 2.31. The Hall–Kier alpha value is -0.780. The van der Waals surface area contributed by atoms with Crippen LogP contribution in [0.3, 0.4) is 0 Å². The number of fused-ring (bicyclic) bond motifs is 1. The Morgan fingerprint density at radius 2 is 1.85 bits per heavy atom. The molecule has 1 atom stereocenters. The van der Waals surface area contributed by atoms with Crippen molar-refractivity contribution in [3.05, 3.63) is 56.9 Å². The summed E-state index contributed by atoms with van der Waals surface area (Å²) in [7, 11) is 0. The molecule has 0 radical (unpaired) electrons. The van der Waals surface area contributed by atoms with Crippen LogP contribution in [0, 0.1) is 3.57 Å². The van der Waals surface area contributed by atoms with E-state index < -0.39 is 0 Å². The summed E-state index contributed by atoms with van der Waals surface area (Å²) in [5, 5.41) is 0.545. The van der Waals surface area contributed by atoms with Gasteiger partial charge in [-0.25, -0.2) is 4.98 Å². The van der Waals surface area contributed by atoms with Gasteiger partial charge in [0.2, 0.25) is 0 Å². The molecule has 0 amide bonds. The van der Waals surface area contributed by atoms with Crippen molar-refractivity contribution in [2.24, 2.45) is 0 Å². The molecule has 1 aromatic heterocycles. The minimum Gasteiger partial charge on any atom is -0.295 e. The fourth-order valence-electron chi connectivity index (χ4n) is 2.20. The molecule has 0 bridgehead atoms. The molecular formula is C15H11Cl2IN2. The fraction of sp³-hybridized carbons (Fsp3) is 0.133. The summed E-state index contributed by atoms with van der Waals surface area (Å²) in [6.07, 6.45) is 0. The maximum Gasteiger partial charge on any atom is 0.132 e. The zero-order valence-electron chi connectivity index (χ0n) is 10.6. The second-order valence-corrected chi connectivity index (χ2v) is 6.87. The van der Waals surface area contributed by atoms with Gasteiger partial charge in [-0.2, -0.15) is 0 Å². The van der Waals surface area contributed by atoms with Gasteiger partial charge in [0.05, 0.1) is 16.4 Å². The Morgan fingerprint density at radius 1 is 1.15 bits per heavy atom. The number of nitrogens with zero attached hydrogens (tertiary/aromatic N) is 2. The molecule has 0 spiro atoms. The van der Waals surface area contributed by atoms with Crippen LogP contribution < -0.4 is 0 Å². The lowest BCUT2D eigenvalue weighted by Gasteiger charge is -2.10. The fourth-order valence-corrected chi connectivity index (χ4v) is 2.95. The first-order valence-electron chi connectivity index (χ1n) is 6.14. The van der Waals surface area contributed by atoms with E-state index in [1.54, 1.807) is 0 Å². The van der Waals surface area contributed by atoms with E-state index in [2.05, 4.69) is 50.3 Å². The van der Waals surface area contributed by atoms with Crippen LogP contribution in [0.5, 0.6) is 0 Å². The number of rotatable bonds is 2. The van der Waals surface area contributed by atoms with E-state index in [4.69, 9.17) is 23.2 Å². The van der Waals surface area contributed by atoms with E-state index in [1.807, 2.05) is 31.2 Å². The summed E-state index contributed by atoms with van der Waals surface area (Å²) in [6, 6.07) is 13.9. The highest BCUT2D eigenvalue weighted by Crippen LogP contribution is 2.29. The Bertz CT molecular complexity index is 763. The van der Waals surface area contributed by atoms with Gasteiger partial charge in [-0.15, -0.1) is 11.6 Å². The lowest BCUT2D eigenvalue weighted by Crippen LogP contribution is -2.01. The van der Waals surface area contributed by atoms with Crippen molar-refractivity contribution in [3.63, 3.8) is 0 Å². The van der Waals surface area contributed by atoms with E-state index >= 15 is 0 Å². The van der Waals surface area contributed by atoms with Crippen LogP contribution in [0.1, 0.15) is 18.1 Å². The highest BCUT2D eigenvalue weighted by Gasteiger charge is 2.16. The highest BCUT2D eigenvalue weighted by molar-refractivity contribution is 14.1. The summed E-state index contributed by atoms with van der Waals surface area (Å²) in [5.74, 6) is 0.839. The number of halogens is 3. The van der Waals surface area contributed by atoms with Gasteiger partial charge >= 0.3 is 0 Å². The average Bonchev–Trinajstić information content (AvgIpc) is 2.78. The zero-order chi connectivity index (χ0) is 14.3. The van der Waals surface area contributed by atoms with Crippen LogP contribution in [-0.2, 0) is 0 Å². The first-order chi connectivity index (χ1) is 9.56. The number of hydrogen-bond donors (Lipinski definition) is 0. The molecule has 0 aliphatic carbocycles. The van der Waals surface area contributed by atoms with Gasteiger partial charge in [-0.3, -0.25) is 4.57 Å². The topological polar surface area (TPSA) is 17.8 Å². The summed E-state index contributed by atoms with van der Waals surface area (Å²) >= 11 is 14.5. The third-order valence-electron chi connectivity index (χ3n) is 3.08. The van der Waals surface area contributed by atoms with Crippen molar-refractivity contribution in [1.29, 1.82) is 0 Å². The van der Waals surface area contributed by atoms with Crippen LogP contribution in [0.4, 0.5) is 0 Å². The molecule has 1 heterocycles. The Morgan fingerprint density at radius 3 is 2.50 bits per heavy atom. The van der Waals surface area contributed by atoms with E-state index in [0.29, 0.717) is 5.02 Å². The standard InChI is InChI=1S/C15H11Cl2IN2/c1-9(16)15-19-13-8-11(18)4-7-14(13)20(15)12-5-2-10(17)3-6-12/h2-9H,1H3. The number of imidazole rings is 1. The molecule has 0 N–H and O–H groups in total. The smallest absolute Gasteiger partial charge is 0.132 e. The lowest BCUT2D eigenvalue weighted by molar-refractivity contribution is 0.882. The second kappa shape index (κ2) is 5.54. The summed E-state index contributed by atoms with van der Waals surface area (Å²) in [6.45, 7) is 1.93. The molecule has 3 rings (SSSR count). The molecule has 0 saturated heterocycles. The van der Waals surface area contributed by atoms with Gasteiger partial charge in [0.1, 0.15) is 5.82 Å². The largest absolute Gasteiger partial charge is 0.295 e. The first-order valence-corrected chi connectivity index (χ1v) is 8.03. The maximum atomic E-state index is 6.29. The third kappa shape index (κ3) is 2.54. The summed E-state index contributed by atoms with van der Waals surface area (Å²) in [5.41, 5.74) is 3.02. The molecule has 2 aromatic carbocycles. The predicted octanol–water partition coefficient (Wildman–Crippen LogP) is 5.58. The van der Waals surface area contributed by atoms with E-state index in [0.717, 1.165) is 26.1 Å². The van der Waals surface area contributed by atoms with E-state index in [9.17, 15) is 0 Å². The minimum absolute atomic E-state index is 0.171. The summed E-state index contributed by atoms with van der Waals surface area (Å²) in [4.78, 5) is 4.67. The summed E-state index contributed by atoms with van der Waals surface area (Å²) < 4.78 is 3.24. The normalized spacial score (nSPS) is 12.8. The maximum absolute atomic E-state index is 6.29. The molecule has 102 valence electrons. The number of alkyl halides is 1. The molecule has 0 saturated carbocycles. The molecule has 0 aliphatic heterocycles. The van der Waals surface area contributed by atoms with Crippen molar-refractivity contribution >= 4 is 56.8 Å². The van der Waals surface area contributed by atoms with Crippen LogP contribution in [0.25, 0.3) is 16.7 Å². The van der Waals surface area contributed by atoms with Crippen molar-refractivity contribution in [2.75, 3.05) is 0 Å². The van der Waals surface area contributed by atoms with Gasteiger partial charge in [0.25, 0.3) is 0 Å². The highest BCUT2D eigenvalue weighted by atomic mass is 127. The number of benzene rings is 2. The van der Waals surface area contributed by atoms with Gasteiger partial charge < -0.3 is 0 Å². The molecular weight excluding hydrogens is 406 g/mol. The predicted molar refractivity (Wildman–Crippen MR) is 93.1 cm³/mol. The lowest BCUT2D eigenvalue weighted by atomic mass is 10.2. The van der Waals surface area contributed by atoms with Gasteiger partial charge in [-0.1, -0.05) is 11.6 Å². The number of aromatic nitrogens is 2. The molecule has 0 fully saturated rings. The van der Waals surface area contributed by atoms with Crippen LogP contribution in [0.15, 0.2) is 42.5 Å². The van der Waals surface area contributed by atoms with Crippen molar-refractivity contribution < 1.29 is 0 Å². The van der Waals surface area contributed by atoms with Crippen molar-refractivity contribution in [2.45, 2.75) is 12.3 Å². The molecule has 5 heteroatoms. The van der Waals surface area contributed by atoms with Crippen molar-refractivity contribution in [1.82, 2.24) is 9.55 Å². The van der Waals surface area contributed by atoms with Gasteiger partial charge in [0.15, 0.2) is 0 Å². The number of hydrogen-bond acceptors (Lipinski definition) is 1. The van der Waals surface area contributed by atoms with E-state index in [-0.39, 0.29) is 5.38 Å². The SMILES string of the molecule is CC(Cl)c1nc2cc(I)ccc2n1-c1ccc(Cl)cc1. The molecule has 2 nitrogen and oxygen atoms in total. The molecule has 20 heavy (non-hydrogen) atoms. The molecule has 3 aromatic rings. The first kappa shape index (κ1) is 14.2.